The Hall–Kier alpha value is -3.20. The molecule has 1 aliphatic rings. The third-order valence-corrected chi connectivity index (χ3v) is 5.53. The second kappa shape index (κ2) is 6.94. The molecule has 1 fully saturated rings. The van der Waals surface area contributed by atoms with E-state index in [9.17, 15) is 18.0 Å². The highest BCUT2D eigenvalue weighted by Gasteiger charge is 2.28. The zero-order chi connectivity index (χ0) is 21.0. The summed E-state index contributed by atoms with van der Waals surface area (Å²) in [4.78, 5) is 21.2. The molecule has 2 unspecified atom stereocenters. The van der Waals surface area contributed by atoms with E-state index >= 15 is 0 Å². The quantitative estimate of drug-likeness (QED) is 0.548. The Morgan fingerprint density at radius 2 is 1.93 bits per heavy atom. The SMILES string of the molecule is Cc1cn2cc(-c3cc(F)c4c(=O)n(C5CCNCC5F)cnc4c3)cc(F)c2n1. The fourth-order valence-electron chi connectivity index (χ4n) is 4.07. The molecule has 0 bridgehead atoms. The van der Waals surface area contributed by atoms with Crippen LogP contribution < -0.4 is 10.9 Å². The Morgan fingerprint density at radius 1 is 1.13 bits per heavy atom. The molecule has 4 aromatic rings. The number of halogens is 3. The summed E-state index contributed by atoms with van der Waals surface area (Å²) in [6, 6.07) is 3.29. The minimum atomic E-state index is -1.26. The van der Waals surface area contributed by atoms with Crippen molar-refractivity contribution in [3.05, 3.63) is 64.6 Å². The molecule has 5 rings (SSSR count). The first kappa shape index (κ1) is 18.8. The Bertz CT molecular complexity index is 1350. The number of aryl methyl sites for hydroxylation is 1. The predicted molar refractivity (Wildman–Crippen MR) is 106 cm³/mol. The average molecular weight is 413 g/mol. The molecule has 0 radical (unpaired) electrons. The molecule has 1 saturated heterocycles. The molecule has 0 spiro atoms. The van der Waals surface area contributed by atoms with Gasteiger partial charge in [-0.15, -0.1) is 0 Å². The number of benzene rings is 1. The van der Waals surface area contributed by atoms with Crippen LogP contribution in [0.1, 0.15) is 18.2 Å². The average Bonchev–Trinajstić information content (AvgIpc) is 3.09. The third-order valence-electron chi connectivity index (χ3n) is 5.53. The molecule has 1 aromatic carbocycles. The van der Waals surface area contributed by atoms with Gasteiger partial charge in [0.1, 0.15) is 17.4 Å². The van der Waals surface area contributed by atoms with Gasteiger partial charge in [0.2, 0.25) is 0 Å². The van der Waals surface area contributed by atoms with Gasteiger partial charge in [0.25, 0.3) is 5.56 Å². The summed E-state index contributed by atoms with van der Waals surface area (Å²) < 4.78 is 46.4. The van der Waals surface area contributed by atoms with Crippen molar-refractivity contribution in [2.45, 2.75) is 25.6 Å². The van der Waals surface area contributed by atoms with Crippen LogP contribution in [0, 0.1) is 18.6 Å². The van der Waals surface area contributed by atoms with Gasteiger partial charge >= 0.3 is 0 Å². The summed E-state index contributed by atoms with van der Waals surface area (Å²) in [5.41, 5.74) is 1.15. The minimum absolute atomic E-state index is 0.137. The van der Waals surface area contributed by atoms with E-state index in [1.165, 1.54) is 33.5 Å². The largest absolute Gasteiger partial charge is 0.314 e. The first-order valence-electron chi connectivity index (χ1n) is 9.63. The van der Waals surface area contributed by atoms with Crippen molar-refractivity contribution in [2.24, 2.45) is 0 Å². The lowest BCUT2D eigenvalue weighted by Gasteiger charge is -2.28. The van der Waals surface area contributed by atoms with Gasteiger partial charge < -0.3 is 9.72 Å². The topological polar surface area (TPSA) is 64.2 Å². The number of hydrogen-bond donors (Lipinski definition) is 1. The van der Waals surface area contributed by atoms with Gasteiger partial charge in [-0.1, -0.05) is 0 Å². The molecule has 9 heteroatoms. The van der Waals surface area contributed by atoms with Crippen molar-refractivity contribution < 1.29 is 13.2 Å². The first-order valence-corrected chi connectivity index (χ1v) is 9.63. The lowest BCUT2D eigenvalue weighted by molar-refractivity contribution is 0.180. The molecular formula is C21H18F3N5O. The fourth-order valence-corrected chi connectivity index (χ4v) is 4.07. The van der Waals surface area contributed by atoms with Crippen LogP contribution in [0.15, 0.2) is 41.7 Å². The summed E-state index contributed by atoms with van der Waals surface area (Å²) >= 11 is 0. The van der Waals surface area contributed by atoms with Crippen LogP contribution in [-0.2, 0) is 0 Å². The van der Waals surface area contributed by atoms with Crippen molar-refractivity contribution >= 4 is 16.6 Å². The number of alkyl halides is 1. The predicted octanol–water partition coefficient (Wildman–Crippen LogP) is 3.17. The number of rotatable bonds is 2. The van der Waals surface area contributed by atoms with Crippen molar-refractivity contribution in [3.63, 3.8) is 0 Å². The molecule has 0 saturated carbocycles. The van der Waals surface area contributed by atoms with Gasteiger partial charge in [-0.2, -0.15) is 0 Å². The number of hydrogen-bond acceptors (Lipinski definition) is 4. The maximum Gasteiger partial charge on any atom is 0.264 e. The number of nitrogens with zero attached hydrogens (tertiary/aromatic N) is 4. The summed E-state index contributed by atoms with van der Waals surface area (Å²) in [5, 5.41) is 2.72. The monoisotopic (exact) mass is 413 g/mol. The van der Waals surface area contributed by atoms with Crippen LogP contribution in [0.25, 0.3) is 27.7 Å². The fraction of sp³-hybridized carbons (Fsp3) is 0.286. The molecule has 4 heterocycles. The molecule has 30 heavy (non-hydrogen) atoms. The first-order chi connectivity index (χ1) is 14.4. The molecule has 2 atom stereocenters. The zero-order valence-electron chi connectivity index (χ0n) is 16.1. The Balaban J connectivity index is 1.64. The standard InChI is InChI=1S/C21H18F3N5O/c1-11-8-28-9-13(5-15(23)20(28)27-11)12-4-14(22)19-17(6-12)26-10-29(21(19)30)18-2-3-25-7-16(18)24/h4-6,8-10,16,18,25H,2-3,7H2,1H3. The van der Waals surface area contributed by atoms with E-state index in [4.69, 9.17) is 0 Å². The minimum Gasteiger partial charge on any atom is -0.314 e. The van der Waals surface area contributed by atoms with Crippen LogP contribution in [-0.4, -0.2) is 38.2 Å². The summed E-state index contributed by atoms with van der Waals surface area (Å²) in [6.07, 6.45) is 3.73. The van der Waals surface area contributed by atoms with E-state index in [0.29, 0.717) is 29.8 Å². The van der Waals surface area contributed by atoms with Crippen molar-refractivity contribution in [3.8, 4) is 11.1 Å². The number of pyridine rings is 1. The van der Waals surface area contributed by atoms with Crippen LogP contribution in [0.4, 0.5) is 13.2 Å². The number of piperidine rings is 1. The molecule has 0 aliphatic carbocycles. The highest BCUT2D eigenvalue weighted by atomic mass is 19.1. The van der Waals surface area contributed by atoms with Gasteiger partial charge in [-0.25, -0.2) is 23.1 Å². The van der Waals surface area contributed by atoms with Crippen molar-refractivity contribution in [2.75, 3.05) is 13.1 Å². The second-order valence-electron chi connectivity index (χ2n) is 7.58. The van der Waals surface area contributed by atoms with E-state index < -0.39 is 29.4 Å². The molecule has 1 N–H and O–H groups in total. The molecule has 6 nitrogen and oxygen atoms in total. The van der Waals surface area contributed by atoms with Gasteiger partial charge in [0.05, 0.1) is 23.6 Å². The van der Waals surface area contributed by atoms with Gasteiger partial charge in [0.15, 0.2) is 11.5 Å². The van der Waals surface area contributed by atoms with Gasteiger partial charge in [-0.3, -0.25) is 9.36 Å². The molecule has 1 aliphatic heterocycles. The van der Waals surface area contributed by atoms with E-state index in [1.807, 2.05) is 0 Å². The van der Waals surface area contributed by atoms with E-state index in [0.717, 1.165) is 0 Å². The summed E-state index contributed by atoms with van der Waals surface area (Å²) in [7, 11) is 0. The maximum absolute atomic E-state index is 15.0. The summed E-state index contributed by atoms with van der Waals surface area (Å²) in [5.74, 6) is -1.31. The van der Waals surface area contributed by atoms with Crippen LogP contribution in [0.5, 0.6) is 0 Å². The van der Waals surface area contributed by atoms with Gasteiger partial charge in [0, 0.05) is 24.5 Å². The normalized spacial score (nSPS) is 19.6. The molecule has 154 valence electrons. The van der Waals surface area contributed by atoms with Gasteiger partial charge in [-0.05, 0) is 43.7 Å². The molecule has 3 aromatic heterocycles. The Labute approximate surface area is 169 Å². The smallest absolute Gasteiger partial charge is 0.264 e. The van der Waals surface area contributed by atoms with Crippen molar-refractivity contribution in [1.29, 1.82) is 0 Å². The molecule has 0 amide bonds. The van der Waals surface area contributed by atoms with E-state index in [2.05, 4.69) is 15.3 Å². The lowest BCUT2D eigenvalue weighted by atomic mass is 10.0. The maximum atomic E-state index is 15.0. The van der Waals surface area contributed by atoms with Crippen LogP contribution in [0.3, 0.4) is 0 Å². The highest BCUT2D eigenvalue weighted by Crippen LogP contribution is 2.27. The number of aromatic nitrogens is 4. The molecular weight excluding hydrogens is 395 g/mol. The van der Waals surface area contributed by atoms with Crippen LogP contribution >= 0.6 is 0 Å². The zero-order valence-corrected chi connectivity index (χ0v) is 16.1. The number of nitrogens with one attached hydrogen (secondary N) is 1. The Morgan fingerprint density at radius 3 is 2.73 bits per heavy atom. The van der Waals surface area contributed by atoms with Crippen molar-refractivity contribution in [1.82, 2.24) is 24.3 Å². The second-order valence-corrected chi connectivity index (χ2v) is 7.58. The highest BCUT2D eigenvalue weighted by molar-refractivity contribution is 5.84. The lowest BCUT2D eigenvalue weighted by Crippen LogP contribution is -2.42. The summed E-state index contributed by atoms with van der Waals surface area (Å²) in [6.45, 7) is 2.46. The number of imidazole rings is 1. The third kappa shape index (κ3) is 2.97. The van der Waals surface area contributed by atoms with E-state index in [-0.39, 0.29) is 23.1 Å². The van der Waals surface area contributed by atoms with E-state index in [1.54, 1.807) is 19.3 Å². The Kier molecular flexibility index (Phi) is 4.35. The van der Waals surface area contributed by atoms with Crippen LogP contribution in [0.2, 0.25) is 0 Å². The number of fused-ring (bicyclic) bond motifs is 2.